The zero-order chi connectivity index (χ0) is 21.6. The number of amides is 1. The lowest BCUT2D eigenvalue weighted by atomic mass is 10.3. The Kier molecular flexibility index (Phi) is 6.63. The summed E-state index contributed by atoms with van der Waals surface area (Å²) in [4.78, 5) is 29.6. The number of fused-ring (bicyclic) bond motifs is 1. The van der Waals surface area contributed by atoms with Gasteiger partial charge in [-0.15, -0.1) is 11.3 Å². The van der Waals surface area contributed by atoms with E-state index < -0.39 is 5.82 Å². The number of H-pyrrole nitrogens is 1. The molecule has 0 aliphatic rings. The summed E-state index contributed by atoms with van der Waals surface area (Å²) in [7, 11) is 0. The minimum absolute atomic E-state index is 0.0289. The maximum Gasteiger partial charge on any atom is 0.271 e. The Hall–Kier alpha value is -3.17. The molecule has 1 aromatic carbocycles. The predicted molar refractivity (Wildman–Crippen MR) is 119 cm³/mol. The van der Waals surface area contributed by atoms with Crippen molar-refractivity contribution < 1.29 is 9.18 Å². The van der Waals surface area contributed by atoms with Crippen LogP contribution in [0.15, 0.2) is 42.6 Å². The average molecular weight is 439 g/mol. The number of carbonyl (C=O) groups is 1. The lowest BCUT2D eigenvalue weighted by Gasteiger charge is -2.04. The van der Waals surface area contributed by atoms with E-state index in [0.29, 0.717) is 5.69 Å². The summed E-state index contributed by atoms with van der Waals surface area (Å²) in [6.45, 7) is 3.45. The monoisotopic (exact) mass is 438 g/mol. The van der Waals surface area contributed by atoms with E-state index in [-0.39, 0.29) is 18.1 Å². The largest absolute Gasteiger partial charge is 0.345 e. The summed E-state index contributed by atoms with van der Waals surface area (Å²) >= 11 is 1.50. The Morgan fingerprint density at radius 1 is 1.13 bits per heavy atom. The van der Waals surface area contributed by atoms with Crippen LogP contribution in [-0.4, -0.2) is 38.9 Å². The first kappa shape index (κ1) is 21.1. The van der Waals surface area contributed by atoms with Crippen LogP contribution in [0.2, 0.25) is 0 Å². The van der Waals surface area contributed by atoms with Gasteiger partial charge in [-0.2, -0.15) is 0 Å². The van der Waals surface area contributed by atoms with Crippen LogP contribution in [0.4, 0.5) is 4.39 Å². The van der Waals surface area contributed by atoms with Crippen molar-refractivity contribution in [2.24, 2.45) is 0 Å². The Balaban J connectivity index is 1.23. The standard InChI is InChI=1S/C22H23FN6OS/c1-14-21(22(30)26-13-18-15(23)5-4-10-25-18)29-20(31-14)9-12-24-11-8-19-27-16-6-2-3-7-17(16)28-19/h2-7,10,24H,8-9,11-13H2,1H3,(H,26,30)(H,27,28). The summed E-state index contributed by atoms with van der Waals surface area (Å²) in [5.74, 6) is 0.206. The minimum atomic E-state index is -0.438. The van der Waals surface area contributed by atoms with Crippen LogP contribution in [0.1, 0.15) is 31.9 Å². The molecule has 0 aliphatic carbocycles. The summed E-state index contributed by atoms with van der Waals surface area (Å²) in [6.07, 6.45) is 3.04. The molecule has 4 aromatic rings. The van der Waals surface area contributed by atoms with Gasteiger partial charge in [0.15, 0.2) is 0 Å². The van der Waals surface area contributed by atoms with Crippen LogP contribution in [0.5, 0.6) is 0 Å². The highest BCUT2D eigenvalue weighted by Crippen LogP contribution is 2.18. The summed E-state index contributed by atoms with van der Waals surface area (Å²) in [5.41, 5.74) is 2.62. The van der Waals surface area contributed by atoms with Gasteiger partial charge in [0.1, 0.15) is 17.3 Å². The quantitative estimate of drug-likeness (QED) is 0.349. The molecule has 4 rings (SSSR count). The Bertz CT molecular complexity index is 1150. The molecule has 3 heterocycles. The van der Waals surface area contributed by atoms with Gasteiger partial charge in [-0.05, 0) is 31.2 Å². The molecule has 9 heteroatoms. The van der Waals surface area contributed by atoms with Gasteiger partial charge < -0.3 is 15.6 Å². The van der Waals surface area contributed by atoms with Crippen molar-refractivity contribution in [3.8, 4) is 0 Å². The van der Waals surface area contributed by atoms with E-state index in [9.17, 15) is 9.18 Å². The summed E-state index contributed by atoms with van der Waals surface area (Å²) < 4.78 is 13.7. The molecule has 0 bridgehead atoms. The van der Waals surface area contributed by atoms with Gasteiger partial charge >= 0.3 is 0 Å². The van der Waals surface area contributed by atoms with Crippen molar-refractivity contribution in [2.75, 3.05) is 13.1 Å². The van der Waals surface area contributed by atoms with Gasteiger partial charge in [0.2, 0.25) is 0 Å². The highest BCUT2D eigenvalue weighted by molar-refractivity contribution is 7.11. The van der Waals surface area contributed by atoms with E-state index in [4.69, 9.17) is 0 Å². The molecule has 0 radical (unpaired) electrons. The number of aryl methyl sites for hydroxylation is 1. The first-order valence-electron chi connectivity index (χ1n) is 10.1. The van der Waals surface area contributed by atoms with Crippen molar-refractivity contribution in [1.29, 1.82) is 0 Å². The molecule has 0 fully saturated rings. The minimum Gasteiger partial charge on any atom is -0.345 e. The second-order valence-corrected chi connectivity index (χ2v) is 8.37. The third kappa shape index (κ3) is 5.31. The molecule has 31 heavy (non-hydrogen) atoms. The summed E-state index contributed by atoms with van der Waals surface area (Å²) in [6, 6.07) is 10.8. The second kappa shape index (κ2) is 9.76. The Morgan fingerprint density at radius 2 is 1.97 bits per heavy atom. The van der Waals surface area contributed by atoms with Crippen molar-refractivity contribution >= 4 is 28.3 Å². The topological polar surface area (TPSA) is 95.6 Å². The molecule has 0 aliphatic heterocycles. The number of hydrogen-bond donors (Lipinski definition) is 3. The number of pyridine rings is 1. The number of benzene rings is 1. The van der Waals surface area contributed by atoms with E-state index in [1.165, 1.54) is 29.7 Å². The van der Waals surface area contributed by atoms with E-state index in [1.807, 2.05) is 31.2 Å². The van der Waals surface area contributed by atoms with Crippen molar-refractivity contribution in [2.45, 2.75) is 26.3 Å². The lowest BCUT2D eigenvalue weighted by Crippen LogP contribution is -2.25. The van der Waals surface area contributed by atoms with Gasteiger partial charge in [-0.1, -0.05) is 12.1 Å². The fourth-order valence-corrected chi connectivity index (χ4v) is 4.15. The number of aromatic amines is 1. The van der Waals surface area contributed by atoms with Gasteiger partial charge in [-0.25, -0.2) is 14.4 Å². The Morgan fingerprint density at radius 3 is 2.81 bits per heavy atom. The van der Waals surface area contributed by atoms with E-state index in [2.05, 4.69) is 30.6 Å². The molecule has 0 saturated heterocycles. The molecule has 3 aromatic heterocycles. The van der Waals surface area contributed by atoms with Crippen LogP contribution >= 0.6 is 11.3 Å². The zero-order valence-electron chi connectivity index (χ0n) is 17.1. The van der Waals surface area contributed by atoms with Gasteiger partial charge in [0, 0.05) is 37.0 Å². The SMILES string of the molecule is Cc1sc(CCNCCc2nc3ccccc3[nH]2)nc1C(=O)NCc1ncccc1F. The highest BCUT2D eigenvalue weighted by atomic mass is 32.1. The lowest BCUT2D eigenvalue weighted by molar-refractivity contribution is 0.0945. The molecule has 160 valence electrons. The van der Waals surface area contributed by atoms with Crippen molar-refractivity contribution in [3.63, 3.8) is 0 Å². The number of thiazole rings is 1. The maximum atomic E-state index is 13.7. The van der Waals surface area contributed by atoms with E-state index in [1.54, 1.807) is 0 Å². The van der Waals surface area contributed by atoms with Gasteiger partial charge in [0.05, 0.1) is 28.3 Å². The fourth-order valence-electron chi connectivity index (χ4n) is 3.22. The van der Waals surface area contributed by atoms with Crippen LogP contribution in [0, 0.1) is 12.7 Å². The molecule has 0 saturated carbocycles. The third-order valence-corrected chi connectivity index (χ3v) is 5.83. The fraction of sp³-hybridized carbons (Fsp3) is 0.273. The van der Waals surface area contributed by atoms with Crippen LogP contribution in [0.3, 0.4) is 0 Å². The first-order chi connectivity index (χ1) is 15.1. The number of rotatable bonds is 9. The zero-order valence-corrected chi connectivity index (χ0v) is 17.9. The second-order valence-electron chi connectivity index (χ2n) is 7.08. The van der Waals surface area contributed by atoms with Crippen molar-refractivity contribution in [3.05, 3.63) is 75.5 Å². The molecular formula is C22H23FN6OS. The van der Waals surface area contributed by atoms with Crippen LogP contribution < -0.4 is 10.6 Å². The predicted octanol–water partition coefficient (Wildman–Crippen LogP) is 3.17. The molecule has 0 unspecified atom stereocenters. The molecule has 3 N–H and O–H groups in total. The maximum absolute atomic E-state index is 13.7. The van der Waals surface area contributed by atoms with Crippen molar-refractivity contribution in [1.82, 2.24) is 30.6 Å². The van der Waals surface area contributed by atoms with E-state index in [0.717, 1.165) is 52.7 Å². The normalized spacial score (nSPS) is 11.2. The smallest absolute Gasteiger partial charge is 0.271 e. The van der Waals surface area contributed by atoms with Crippen LogP contribution in [0.25, 0.3) is 11.0 Å². The average Bonchev–Trinajstić information content (AvgIpc) is 3.35. The number of hydrogen-bond acceptors (Lipinski definition) is 6. The third-order valence-electron chi connectivity index (χ3n) is 4.80. The molecule has 7 nitrogen and oxygen atoms in total. The molecule has 0 spiro atoms. The number of para-hydroxylation sites is 2. The first-order valence-corrected chi connectivity index (χ1v) is 10.9. The van der Waals surface area contributed by atoms with Crippen LogP contribution in [-0.2, 0) is 19.4 Å². The molecule has 0 atom stereocenters. The van der Waals surface area contributed by atoms with E-state index >= 15 is 0 Å². The number of aromatic nitrogens is 4. The number of halogens is 1. The highest BCUT2D eigenvalue weighted by Gasteiger charge is 2.16. The number of imidazole rings is 1. The number of carbonyl (C=O) groups excluding carboxylic acids is 1. The Labute approximate surface area is 183 Å². The summed E-state index contributed by atoms with van der Waals surface area (Å²) in [5, 5.41) is 6.98. The number of nitrogens with zero attached hydrogens (tertiary/aromatic N) is 3. The molecular weight excluding hydrogens is 415 g/mol. The van der Waals surface area contributed by atoms with Gasteiger partial charge in [-0.3, -0.25) is 9.78 Å². The molecule has 1 amide bonds. The van der Waals surface area contributed by atoms with Gasteiger partial charge in [0.25, 0.3) is 5.91 Å². The number of nitrogens with one attached hydrogen (secondary N) is 3.